The van der Waals surface area contributed by atoms with Gasteiger partial charge in [-0.15, -0.1) is 24.8 Å². The minimum Gasteiger partial charge on any atom is -0.147 e. The average Bonchev–Trinajstić information content (AvgIpc) is 1.37. The molecule has 0 rings (SSSR count). The zero-order chi connectivity index (χ0) is 3.41. The molecule has 0 atom stereocenters. The summed E-state index contributed by atoms with van der Waals surface area (Å²) in [5, 5.41) is 0. The second kappa shape index (κ2) is 16.8. The van der Waals surface area contributed by atoms with E-state index in [1.54, 1.807) is 0 Å². The Hall–Kier alpha value is 0.924. The van der Waals surface area contributed by atoms with E-state index >= 15 is 0 Å². The SMILES string of the molecule is C[O][V]=[O].Cl.Cl. The van der Waals surface area contributed by atoms with Crippen LogP contribution in [0.5, 0.6) is 0 Å². The van der Waals surface area contributed by atoms with Crippen LogP contribution in [0, 0.1) is 0 Å². The molecule has 0 spiro atoms. The van der Waals surface area contributed by atoms with Gasteiger partial charge in [0.15, 0.2) is 0 Å². The summed E-state index contributed by atoms with van der Waals surface area (Å²) in [6.07, 6.45) is 0. The first kappa shape index (κ1) is 15.8. The first-order valence-electron chi connectivity index (χ1n) is 0.773. The van der Waals surface area contributed by atoms with Gasteiger partial charge >= 0.3 is 31.0 Å². The van der Waals surface area contributed by atoms with Gasteiger partial charge in [-0.05, 0) is 0 Å². The van der Waals surface area contributed by atoms with E-state index in [1.165, 1.54) is 7.11 Å². The molecule has 0 aromatic heterocycles. The van der Waals surface area contributed by atoms with Crippen LogP contribution < -0.4 is 0 Å². The minimum atomic E-state index is -1.03. The van der Waals surface area contributed by atoms with Crippen LogP contribution in [0.25, 0.3) is 0 Å². The Morgan fingerprint density at radius 2 is 1.67 bits per heavy atom. The second-order valence-corrected chi connectivity index (χ2v) is 1.06. The molecule has 0 saturated carbocycles. The second-order valence-electron chi connectivity index (χ2n) is 0.257. The van der Waals surface area contributed by atoms with Crippen LogP contribution in [0.2, 0.25) is 0 Å². The van der Waals surface area contributed by atoms with Crippen LogP contribution in [0.3, 0.4) is 0 Å². The molecule has 0 aromatic carbocycles. The summed E-state index contributed by atoms with van der Waals surface area (Å²) >= 11 is -1.03. The van der Waals surface area contributed by atoms with Gasteiger partial charge in [-0.25, -0.2) is 0 Å². The zero-order valence-electron chi connectivity index (χ0n) is 3.08. The van der Waals surface area contributed by atoms with Crippen LogP contribution in [-0.4, -0.2) is 7.11 Å². The van der Waals surface area contributed by atoms with Gasteiger partial charge in [0.05, 0.1) is 0 Å². The third-order valence-electron chi connectivity index (χ3n) is 0.0745. The fourth-order valence-corrected chi connectivity index (χ4v) is 0. The Bertz CT molecular complexity index is 25.5. The molecule has 40 valence electrons. The van der Waals surface area contributed by atoms with Gasteiger partial charge in [-0.3, -0.25) is 0 Å². The first-order chi connectivity index (χ1) is 1.91. The average molecular weight is 171 g/mol. The van der Waals surface area contributed by atoms with E-state index in [9.17, 15) is 3.67 Å². The molecule has 0 N–H and O–H groups in total. The molecule has 0 bridgehead atoms. The van der Waals surface area contributed by atoms with E-state index in [0.717, 1.165) is 0 Å². The van der Waals surface area contributed by atoms with Gasteiger partial charge in [0.1, 0.15) is 0 Å². The van der Waals surface area contributed by atoms with Crippen molar-refractivity contribution in [3.63, 3.8) is 0 Å². The van der Waals surface area contributed by atoms with Crippen molar-refractivity contribution in [2.75, 3.05) is 7.11 Å². The molecule has 0 fully saturated rings. The predicted molar refractivity (Wildman–Crippen MR) is 22.2 cm³/mol. The molecular weight excluding hydrogens is 166 g/mol. The van der Waals surface area contributed by atoms with Crippen LogP contribution in [0.15, 0.2) is 0 Å². The van der Waals surface area contributed by atoms with Crippen molar-refractivity contribution in [2.24, 2.45) is 0 Å². The third-order valence-corrected chi connectivity index (χ3v) is 0.307. The fourth-order valence-electron chi connectivity index (χ4n) is 0. The number of hydrogen-bond acceptors (Lipinski definition) is 2. The standard InChI is InChI=1S/CH3O.2ClH.O.V/c1-2;;;;/h1H3;2*1H;;/q-1;;;;+1. The van der Waals surface area contributed by atoms with Gasteiger partial charge in [0.2, 0.25) is 0 Å². The van der Waals surface area contributed by atoms with E-state index in [-0.39, 0.29) is 24.8 Å². The van der Waals surface area contributed by atoms with Crippen molar-refractivity contribution in [1.29, 1.82) is 0 Å². The van der Waals surface area contributed by atoms with Crippen molar-refractivity contribution in [1.82, 2.24) is 0 Å². The molecule has 0 aliphatic rings. The van der Waals surface area contributed by atoms with Crippen LogP contribution in [-0.2, 0) is 23.9 Å². The summed E-state index contributed by atoms with van der Waals surface area (Å²) in [5.74, 6) is 0. The predicted octanol–water partition coefficient (Wildman–Crippen LogP) is 0.819. The molecule has 0 aromatic rings. The fraction of sp³-hybridized carbons (Fsp3) is 1.00. The van der Waals surface area contributed by atoms with Crippen molar-refractivity contribution in [3.8, 4) is 0 Å². The van der Waals surface area contributed by atoms with Crippen LogP contribution in [0.4, 0.5) is 0 Å². The minimum absolute atomic E-state index is 0. The van der Waals surface area contributed by atoms with Crippen molar-refractivity contribution in [3.05, 3.63) is 0 Å². The Morgan fingerprint density at radius 1 is 1.50 bits per heavy atom. The quantitative estimate of drug-likeness (QED) is 0.583. The van der Waals surface area contributed by atoms with Gasteiger partial charge in [-0.2, -0.15) is 0 Å². The van der Waals surface area contributed by atoms with Crippen LogP contribution in [0.1, 0.15) is 0 Å². The molecule has 6 heavy (non-hydrogen) atoms. The molecule has 0 heterocycles. The molecule has 0 amide bonds. The molecule has 5 heteroatoms. The Morgan fingerprint density at radius 3 is 1.67 bits per heavy atom. The van der Waals surface area contributed by atoms with E-state index < -0.39 is 16.6 Å². The molecule has 0 aliphatic carbocycles. The molecular formula is CH5Cl2O2V. The van der Waals surface area contributed by atoms with Gasteiger partial charge < -0.3 is 0 Å². The Labute approximate surface area is 56.1 Å². The number of rotatable bonds is 1. The van der Waals surface area contributed by atoms with E-state index in [4.69, 9.17) is 0 Å². The Balaban J connectivity index is -0.0000000450. The van der Waals surface area contributed by atoms with Crippen LogP contribution >= 0.6 is 24.8 Å². The summed E-state index contributed by atoms with van der Waals surface area (Å²) in [4.78, 5) is 0. The summed E-state index contributed by atoms with van der Waals surface area (Å²) in [7, 11) is 1.41. The molecule has 0 unspecified atom stereocenters. The summed E-state index contributed by atoms with van der Waals surface area (Å²) in [5.41, 5.74) is 0. The van der Waals surface area contributed by atoms with Crippen molar-refractivity contribution >= 4 is 24.8 Å². The van der Waals surface area contributed by atoms with Gasteiger partial charge in [0.25, 0.3) is 0 Å². The van der Waals surface area contributed by atoms with E-state index in [2.05, 4.69) is 3.66 Å². The molecule has 0 radical (unpaired) electrons. The zero-order valence-corrected chi connectivity index (χ0v) is 6.11. The molecule has 0 saturated heterocycles. The first-order valence-corrected chi connectivity index (χ1v) is 1.91. The maximum atomic E-state index is 9.17. The monoisotopic (exact) mass is 170 g/mol. The van der Waals surface area contributed by atoms with Gasteiger partial charge in [0, 0.05) is 0 Å². The Kier molecular flexibility index (Phi) is 44.2. The summed E-state index contributed by atoms with van der Waals surface area (Å²) < 4.78 is 13.2. The topological polar surface area (TPSA) is 26.3 Å². The van der Waals surface area contributed by atoms with Crippen molar-refractivity contribution in [2.45, 2.75) is 0 Å². The maximum Gasteiger partial charge on any atom is -0.147 e. The van der Waals surface area contributed by atoms with Crippen molar-refractivity contribution < 1.29 is 23.9 Å². The van der Waals surface area contributed by atoms with E-state index in [0.29, 0.717) is 0 Å². The molecule has 0 aliphatic heterocycles. The normalized spacial score (nSPS) is 4.17. The van der Waals surface area contributed by atoms with Gasteiger partial charge in [-0.1, -0.05) is 0 Å². The number of hydrogen-bond donors (Lipinski definition) is 0. The number of halogens is 2. The third kappa shape index (κ3) is 20.5. The maximum absolute atomic E-state index is 9.17. The smallest absolute Gasteiger partial charge is 0.147 e. The molecule has 2 nitrogen and oxygen atoms in total. The summed E-state index contributed by atoms with van der Waals surface area (Å²) in [6, 6.07) is 0. The largest absolute Gasteiger partial charge is 0.147 e. The van der Waals surface area contributed by atoms with E-state index in [1.807, 2.05) is 0 Å². The summed E-state index contributed by atoms with van der Waals surface area (Å²) in [6.45, 7) is 0.